The number of nitrogens with one attached hydrogen (secondary N) is 2. The fourth-order valence-electron chi connectivity index (χ4n) is 3.59. The van der Waals surface area contributed by atoms with Gasteiger partial charge in [0.05, 0.1) is 23.1 Å². The van der Waals surface area contributed by atoms with Crippen molar-refractivity contribution in [3.05, 3.63) is 103 Å². The Morgan fingerprint density at radius 2 is 1.81 bits per heavy atom. The van der Waals surface area contributed by atoms with Gasteiger partial charge in [0, 0.05) is 18.0 Å². The van der Waals surface area contributed by atoms with Crippen LogP contribution in [0.15, 0.2) is 91.3 Å². The number of hydrogen-bond donors (Lipinski definition) is 3. The standard InChI is InChI=1S/C25H21N5O/c31-22-13-12-18(15-27-22)24-29-21-11-6-10-20(17-7-2-1-3-8-17)23(21)25(30-24)28-16-19-9-4-5-14-26-19/h1-15,22,27,31H,16H2,(H,28,29,30). The number of rotatable bonds is 5. The monoisotopic (exact) mass is 407 g/mol. The number of aliphatic hydroxyl groups is 1. The number of fused-ring (bicyclic) bond motifs is 1. The Bertz CT molecular complexity index is 1270. The zero-order valence-electron chi connectivity index (χ0n) is 16.7. The number of benzene rings is 2. The number of aliphatic hydroxyl groups excluding tert-OH is 1. The lowest BCUT2D eigenvalue weighted by Crippen LogP contribution is -2.23. The molecule has 0 aliphatic carbocycles. The maximum Gasteiger partial charge on any atom is 0.163 e. The van der Waals surface area contributed by atoms with Gasteiger partial charge in [0.1, 0.15) is 12.0 Å². The Morgan fingerprint density at radius 1 is 0.935 bits per heavy atom. The van der Waals surface area contributed by atoms with Crippen LogP contribution >= 0.6 is 0 Å². The molecule has 0 saturated heterocycles. The summed E-state index contributed by atoms with van der Waals surface area (Å²) < 4.78 is 0. The third-order valence-corrected chi connectivity index (χ3v) is 5.10. The molecule has 3 heterocycles. The lowest BCUT2D eigenvalue weighted by Gasteiger charge is -2.16. The van der Waals surface area contributed by atoms with Gasteiger partial charge in [-0.3, -0.25) is 4.98 Å². The molecule has 0 spiro atoms. The van der Waals surface area contributed by atoms with Crippen molar-refractivity contribution in [3.8, 4) is 11.1 Å². The van der Waals surface area contributed by atoms with Crippen molar-refractivity contribution in [1.82, 2.24) is 20.3 Å². The Hall–Kier alpha value is -4.03. The van der Waals surface area contributed by atoms with Crippen molar-refractivity contribution in [1.29, 1.82) is 0 Å². The minimum Gasteiger partial charge on any atom is -0.370 e. The zero-order valence-corrected chi connectivity index (χ0v) is 16.7. The molecule has 5 rings (SSSR count). The number of dihydropyridines is 1. The van der Waals surface area contributed by atoms with E-state index < -0.39 is 6.23 Å². The van der Waals surface area contributed by atoms with Gasteiger partial charge < -0.3 is 15.7 Å². The predicted octanol–water partition coefficient (Wildman–Crippen LogP) is 4.12. The maximum absolute atomic E-state index is 9.67. The van der Waals surface area contributed by atoms with Crippen LogP contribution in [0.3, 0.4) is 0 Å². The first kappa shape index (κ1) is 19.0. The Labute approximate surface area is 180 Å². The van der Waals surface area contributed by atoms with Crippen molar-refractivity contribution in [2.75, 3.05) is 5.32 Å². The molecule has 1 unspecified atom stereocenters. The van der Waals surface area contributed by atoms with Gasteiger partial charge in [-0.15, -0.1) is 0 Å². The van der Waals surface area contributed by atoms with Gasteiger partial charge in [0.15, 0.2) is 5.82 Å². The Balaban J connectivity index is 1.64. The number of allylic oxidation sites excluding steroid dienone is 2. The Morgan fingerprint density at radius 3 is 2.58 bits per heavy atom. The molecule has 31 heavy (non-hydrogen) atoms. The van der Waals surface area contributed by atoms with E-state index in [1.807, 2.05) is 54.6 Å². The van der Waals surface area contributed by atoms with Gasteiger partial charge in [0.2, 0.25) is 0 Å². The molecule has 6 nitrogen and oxygen atoms in total. The van der Waals surface area contributed by atoms with Gasteiger partial charge in [-0.05, 0) is 41.5 Å². The van der Waals surface area contributed by atoms with Crippen molar-refractivity contribution >= 4 is 22.3 Å². The highest BCUT2D eigenvalue weighted by Gasteiger charge is 2.16. The van der Waals surface area contributed by atoms with E-state index in [0.717, 1.165) is 39.1 Å². The average molecular weight is 407 g/mol. The molecule has 0 bridgehead atoms. The van der Waals surface area contributed by atoms with E-state index in [0.29, 0.717) is 12.4 Å². The quantitative estimate of drug-likeness (QED) is 0.462. The highest BCUT2D eigenvalue weighted by Crippen LogP contribution is 2.33. The summed E-state index contributed by atoms with van der Waals surface area (Å²) in [6.07, 6.45) is 6.31. The summed E-state index contributed by atoms with van der Waals surface area (Å²) in [6.45, 7) is 0.543. The van der Waals surface area contributed by atoms with E-state index in [9.17, 15) is 5.11 Å². The van der Waals surface area contributed by atoms with E-state index in [1.54, 1.807) is 18.5 Å². The van der Waals surface area contributed by atoms with Crippen LogP contribution in [0.4, 0.5) is 5.82 Å². The minimum atomic E-state index is -0.698. The highest BCUT2D eigenvalue weighted by atomic mass is 16.3. The lowest BCUT2D eigenvalue weighted by molar-refractivity contribution is 0.201. The normalized spacial score (nSPS) is 15.4. The SMILES string of the molecule is OC1C=CC(c2nc(NCc3ccccn3)c3c(-c4ccccc4)cccc3n2)=CN1. The fourth-order valence-corrected chi connectivity index (χ4v) is 3.59. The van der Waals surface area contributed by atoms with Crippen LogP contribution in [0.2, 0.25) is 0 Å². The average Bonchev–Trinajstić information content (AvgIpc) is 2.83. The van der Waals surface area contributed by atoms with E-state index >= 15 is 0 Å². The van der Waals surface area contributed by atoms with Crippen molar-refractivity contribution in [2.45, 2.75) is 12.8 Å². The highest BCUT2D eigenvalue weighted by molar-refractivity contribution is 6.02. The summed E-state index contributed by atoms with van der Waals surface area (Å²) in [6, 6.07) is 22.2. The first-order chi connectivity index (χ1) is 15.3. The van der Waals surface area contributed by atoms with E-state index in [4.69, 9.17) is 9.97 Å². The molecule has 1 aliphatic rings. The van der Waals surface area contributed by atoms with Crippen LogP contribution in [0.1, 0.15) is 11.5 Å². The molecule has 3 N–H and O–H groups in total. The van der Waals surface area contributed by atoms with Crippen molar-refractivity contribution in [2.24, 2.45) is 0 Å². The van der Waals surface area contributed by atoms with Crippen LogP contribution < -0.4 is 10.6 Å². The molecule has 1 aliphatic heterocycles. The van der Waals surface area contributed by atoms with E-state index in [-0.39, 0.29) is 0 Å². The van der Waals surface area contributed by atoms with Crippen LogP contribution in [-0.2, 0) is 6.54 Å². The summed E-state index contributed by atoms with van der Waals surface area (Å²) in [7, 11) is 0. The number of anilines is 1. The van der Waals surface area contributed by atoms with E-state index in [1.165, 1.54) is 0 Å². The number of aromatic nitrogens is 3. The molecule has 0 saturated carbocycles. The van der Waals surface area contributed by atoms with Crippen molar-refractivity contribution < 1.29 is 5.11 Å². The molecule has 152 valence electrons. The molecular weight excluding hydrogens is 386 g/mol. The summed E-state index contributed by atoms with van der Waals surface area (Å²) in [5.74, 6) is 1.32. The molecule has 1 atom stereocenters. The summed E-state index contributed by atoms with van der Waals surface area (Å²) >= 11 is 0. The minimum absolute atomic E-state index is 0.543. The van der Waals surface area contributed by atoms with Gasteiger partial charge in [-0.25, -0.2) is 9.97 Å². The largest absolute Gasteiger partial charge is 0.370 e. The first-order valence-corrected chi connectivity index (χ1v) is 10.1. The molecule has 0 amide bonds. The number of nitrogens with zero attached hydrogens (tertiary/aromatic N) is 3. The predicted molar refractivity (Wildman–Crippen MR) is 123 cm³/mol. The summed E-state index contributed by atoms with van der Waals surface area (Å²) in [4.78, 5) is 14.1. The molecular formula is C25H21N5O. The summed E-state index contributed by atoms with van der Waals surface area (Å²) in [5.41, 5.74) is 4.74. The van der Waals surface area contributed by atoms with Crippen LogP contribution in [-0.4, -0.2) is 26.3 Å². The molecule has 2 aromatic carbocycles. The number of hydrogen-bond acceptors (Lipinski definition) is 6. The molecule has 0 radical (unpaired) electrons. The Kier molecular flexibility index (Phi) is 5.12. The smallest absolute Gasteiger partial charge is 0.163 e. The first-order valence-electron chi connectivity index (χ1n) is 10.1. The second-order valence-corrected chi connectivity index (χ2v) is 7.21. The maximum atomic E-state index is 9.67. The second kappa shape index (κ2) is 8.38. The number of pyridine rings is 1. The molecule has 4 aromatic rings. The van der Waals surface area contributed by atoms with Crippen molar-refractivity contribution in [3.63, 3.8) is 0 Å². The zero-order chi connectivity index (χ0) is 21.0. The van der Waals surface area contributed by atoms with Gasteiger partial charge in [0.25, 0.3) is 0 Å². The van der Waals surface area contributed by atoms with Crippen LogP contribution in [0, 0.1) is 0 Å². The second-order valence-electron chi connectivity index (χ2n) is 7.21. The fraction of sp³-hybridized carbons (Fsp3) is 0.0800. The van der Waals surface area contributed by atoms with Crippen LogP contribution in [0.5, 0.6) is 0 Å². The third kappa shape index (κ3) is 4.01. The molecule has 6 heteroatoms. The molecule has 2 aromatic heterocycles. The van der Waals surface area contributed by atoms with Gasteiger partial charge in [-0.1, -0.05) is 48.5 Å². The van der Waals surface area contributed by atoms with Gasteiger partial charge in [-0.2, -0.15) is 0 Å². The van der Waals surface area contributed by atoms with E-state index in [2.05, 4.69) is 33.8 Å². The third-order valence-electron chi connectivity index (χ3n) is 5.10. The summed E-state index contributed by atoms with van der Waals surface area (Å²) in [5, 5.41) is 17.0. The van der Waals surface area contributed by atoms with Gasteiger partial charge >= 0.3 is 0 Å². The van der Waals surface area contributed by atoms with Crippen LogP contribution in [0.25, 0.3) is 27.6 Å². The lowest BCUT2D eigenvalue weighted by atomic mass is 10.0. The topological polar surface area (TPSA) is 83.0 Å². The molecule has 0 fully saturated rings.